The summed E-state index contributed by atoms with van der Waals surface area (Å²) in [7, 11) is 0. The minimum atomic E-state index is -0.172. The quantitative estimate of drug-likeness (QED) is 0.806. The average Bonchev–Trinajstić information content (AvgIpc) is 3.18. The van der Waals surface area contributed by atoms with Gasteiger partial charge in [-0.15, -0.1) is 5.10 Å². The number of ether oxygens (including phenoxy) is 1. The zero-order valence-corrected chi connectivity index (χ0v) is 12.9. The smallest absolute Gasteiger partial charge is 0.232 e. The van der Waals surface area contributed by atoms with Gasteiger partial charge in [-0.1, -0.05) is 0 Å². The number of fused-ring (bicyclic) bond motifs is 1. The third-order valence-corrected chi connectivity index (χ3v) is 4.77. The normalized spacial score (nSPS) is 22.0. The molecule has 0 spiro atoms. The molecule has 3 aromatic rings. The highest BCUT2D eigenvalue weighted by molar-refractivity contribution is 7.08. The fraction of sp³-hybridized carbons (Fsp3) is 0.375. The van der Waals surface area contributed by atoms with Crippen molar-refractivity contribution in [2.45, 2.75) is 37.9 Å². The fourth-order valence-corrected chi connectivity index (χ4v) is 3.51. The monoisotopic (exact) mass is 315 g/mol. The Bertz CT molecular complexity index is 761. The van der Waals surface area contributed by atoms with Crippen LogP contribution >= 0.6 is 11.3 Å². The Labute approximate surface area is 132 Å². The van der Waals surface area contributed by atoms with Gasteiger partial charge in [0.2, 0.25) is 5.88 Å². The highest BCUT2D eigenvalue weighted by Crippen LogP contribution is 2.25. The van der Waals surface area contributed by atoms with Crippen LogP contribution in [-0.4, -0.2) is 31.9 Å². The van der Waals surface area contributed by atoms with E-state index in [9.17, 15) is 5.11 Å². The third kappa shape index (κ3) is 2.60. The summed E-state index contributed by atoms with van der Waals surface area (Å²) in [6.07, 6.45) is 5.17. The molecular formula is C16H17N3O2S. The lowest BCUT2D eigenvalue weighted by Crippen LogP contribution is -2.26. The average molecular weight is 315 g/mol. The summed E-state index contributed by atoms with van der Waals surface area (Å²) in [6, 6.07) is 5.85. The molecule has 4 rings (SSSR count). The molecule has 1 fully saturated rings. The summed E-state index contributed by atoms with van der Waals surface area (Å²) in [6.45, 7) is 0. The van der Waals surface area contributed by atoms with Crippen molar-refractivity contribution in [3.63, 3.8) is 0 Å². The Balaban J connectivity index is 1.61. The van der Waals surface area contributed by atoms with E-state index in [2.05, 4.69) is 21.5 Å². The number of aromatic nitrogens is 3. The molecule has 1 saturated carbocycles. The number of aliphatic hydroxyl groups is 1. The van der Waals surface area contributed by atoms with Gasteiger partial charge in [0.25, 0.3) is 0 Å². The van der Waals surface area contributed by atoms with Gasteiger partial charge in [0.1, 0.15) is 6.10 Å². The maximum absolute atomic E-state index is 9.57. The zero-order chi connectivity index (χ0) is 14.9. The van der Waals surface area contributed by atoms with E-state index in [1.807, 2.05) is 28.2 Å². The molecule has 0 amide bonds. The summed E-state index contributed by atoms with van der Waals surface area (Å²) >= 11 is 1.66. The van der Waals surface area contributed by atoms with Crippen LogP contribution in [0.25, 0.3) is 16.9 Å². The first-order valence-corrected chi connectivity index (χ1v) is 8.46. The van der Waals surface area contributed by atoms with Gasteiger partial charge in [-0.2, -0.15) is 11.3 Å². The first kappa shape index (κ1) is 13.7. The predicted molar refractivity (Wildman–Crippen MR) is 85.2 cm³/mol. The lowest BCUT2D eigenvalue weighted by molar-refractivity contribution is 0.0637. The first-order valence-electron chi connectivity index (χ1n) is 7.52. The Hall–Kier alpha value is -1.92. The molecular weight excluding hydrogens is 298 g/mol. The molecule has 22 heavy (non-hydrogen) atoms. The van der Waals surface area contributed by atoms with Gasteiger partial charge in [-0.05, 0) is 43.2 Å². The van der Waals surface area contributed by atoms with Crippen molar-refractivity contribution >= 4 is 17.0 Å². The predicted octanol–water partition coefficient (Wildman–Crippen LogP) is 3.14. The second-order valence-corrected chi connectivity index (χ2v) is 6.43. The molecule has 3 heterocycles. The van der Waals surface area contributed by atoms with Crippen molar-refractivity contribution in [3.8, 4) is 17.1 Å². The molecule has 5 nitrogen and oxygen atoms in total. The van der Waals surface area contributed by atoms with Crippen molar-refractivity contribution in [3.05, 3.63) is 35.2 Å². The van der Waals surface area contributed by atoms with Gasteiger partial charge < -0.3 is 9.84 Å². The molecule has 114 valence electrons. The summed E-state index contributed by atoms with van der Waals surface area (Å²) in [4.78, 5) is 4.39. The topological polar surface area (TPSA) is 59.7 Å². The molecule has 0 saturated heterocycles. The van der Waals surface area contributed by atoms with Gasteiger partial charge in [-0.25, -0.2) is 9.50 Å². The van der Waals surface area contributed by atoms with Crippen molar-refractivity contribution in [2.24, 2.45) is 0 Å². The highest BCUT2D eigenvalue weighted by Gasteiger charge is 2.21. The third-order valence-electron chi connectivity index (χ3n) is 4.09. The standard InChI is InChI=1S/C16H17N3O2S/c20-12-1-3-13(4-2-12)21-16-6-5-15-17-9-14(19(15)18-16)11-7-8-22-10-11/h5-10,12-13,20H,1-4H2/t12-,13-. The molecule has 0 radical (unpaired) electrons. The number of thiophene rings is 1. The lowest BCUT2D eigenvalue weighted by Gasteiger charge is -2.25. The molecule has 0 unspecified atom stereocenters. The SMILES string of the molecule is O[C@H]1CC[C@H](Oc2ccc3ncc(-c4ccsc4)n3n2)CC1. The van der Waals surface area contributed by atoms with Crippen LogP contribution in [0.4, 0.5) is 0 Å². The van der Waals surface area contributed by atoms with Crippen LogP contribution in [0.1, 0.15) is 25.7 Å². The number of hydrogen-bond donors (Lipinski definition) is 1. The van der Waals surface area contributed by atoms with Crippen molar-refractivity contribution in [2.75, 3.05) is 0 Å². The van der Waals surface area contributed by atoms with Crippen LogP contribution in [0.2, 0.25) is 0 Å². The molecule has 1 aliphatic rings. The van der Waals surface area contributed by atoms with Gasteiger partial charge in [0, 0.05) is 17.0 Å². The van der Waals surface area contributed by atoms with Gasteiger partial charge >= 0.3 is 0 Å². The minimum absolute atomic E-state index is 0.140. The second kappa shape index (κ2) is 5.70. The molecule has 1 N–H and O–H groups in total. The maximum Gasteiger partial charge on any atom is 0.232 e. The van der Waals surface area contributed by atoms with E-state index in [0.717, 1.165) is 42.6 Å². The van der Waals surface area contributed by atoms with E-state index in [-0.39, 0.29) is 12.2 Å². The van der Waals surface area contributed by atoms with Gasteiger partial charge in [0.05, 0.1) is 18.0 Å². The number of hydrogen-bond acceptors (Lipinski definition) is 5. The summed E-state index contributed by atoms with van der Waals surface area (Å²) in [5.74, 6) is 0.614. The van der Waals surface area contributed by atoms with Crippen LogP contribution in [0.15, 0.2) is 35.2 Å². The van der Waals surface area contributed by atoms with E-state index in [4.69, 9.17) is 4.74 Å². The van der Waals surface area contributed by atoms with Gasteiger partial charge in [0.15, 0.2) is 5.65 Å². The Morgan fingerprint density at radius 3 is 2.82 bits per heavy atom. The van der Waals surface area contributed by atoms with Crippen molar-refractivity contribution in [1.82, 2.24) is 14.6 Å². The number of imidazole rings is 1. The molecule has 0 bridgehead atoms. The largest absolute Gasteiger partial charge is 0.473 e. The maximum atomic E-state index is 9.57. The van der Waals surface area contributed by atoms with Crippen LogP contribution in [0.5, 0.6) is 5.88 Å². The Morgan fingerprint density at radius 1 is 1.18 bits per heavy atom. The first-order chi connectivity index (χ1) is 10.8. The van der Waals surface area contributed by atoms with E-state index in [1.165, 1.54) is 0 Å². The summed E-state index contributed by atoms with van der Waals surface area (Å²) < 4.78 is 7.81. The molecule has 0 aliphatic heterocycles. The van der Waals surface area contributed by atoms with Crippen LogP contribution in [0.3, 0.4) is 0 Å². The Kier molecular flexibility index (Phi) is 3.56. The molecule has 0 atom stereocenters. The Morgan fingerprint density at radius 2 is 2.05 bits per heavy atom. The summed E-state index contributed by atoms with van der Waals surface area (Å²) in [5.41, 5.74) is 2.90. The molecule has 0 aromatic carbocycles. The van der Waals surface area contributed by atoms with Crippen molar-refractivity contribution in [1.29, 1.82) is 0 Å². The zero-order valence-electron chi connectivity index (χ0n) is 12.1. The van der Waals surface area contributed by atoms with Gasteiger partial charge in [-0.3, -0.25) is 0 Å². The highest BCUT2D eigenvalue weighted by atomic mass is 32.1. The lowest BCUT2D eigenvalue weighted by atomic mass is 9.95. The molecule has 6 heteroatoms. The second-order valence-electron chi connectivity index (χ2n) is 5.65. The van der Waals surface area contributed by atoms with Crippen LogP contribution < -0.4 is 4.74 Å². The van der Waals surface area contributed by atoms with Crippen molar-refractivity contribution < 1.29 is 9.84 Å². The van der Waals surface area contributed by atoms with E-state index < -0.39 is 0 Å². The number of rotatable bonds is 3. The van der Waals surface area contributed by atoms with Crippen LogP contribution in [0, 0.1) is 0 Å². The molecule has 3 aromatic heterocycles. The van der Waals surface area contributed by atoms with E-state index in [0.29, 0.717) is 5.88 Å². The number of aliphatic hydroxyl groups excluding tert-OH is 1. The van der Waals surface area contributed by atoms with E-state index >= 15 is 0 Å². The minimum Gasteiger partial charge on any atom is -0.473 e. The van der Waals surface area contributed by atoms with Crippen LogP contribution in [-0.2, 0) is 0 Å². The number of nitrogens with zero attached hydrogens (tertiary/aromatic N) is 3. The molecule has 1 aliphatic carbocycles. The van der Waals surface area contributed by atoms with E-state index in [1.54, 1.807) is 11.3 Å². The summed E-state index contributed by atoms with van der Waals surface area (Å²) in [5, 5.41) is 18.3. The fourth-order valence-electron chi connectivity index (χ4n) is 2.86.